The first kappa shape index (κ1) is 15.7. The smallest absolute Gasteiger partial charge is 0.307 e. The van der Waals surface area contributed by atoms with E-state index in [9.17, 15) is 9.59 Å². The Morgan fingerprint density at radius 2 is 1.94 bits per heavy atom. The van der Waals surface area contributed by atoms with Crippen molar-refractivity contribution < 1.29 is 14.3 Å². The highest BCUT2D eigenvalue weighted by molar-refractivity contribution is 5.87. The van der Waals surface area contributed by atoms with E-state index in [1.54, 1.807) is 4.90 Å². The van der Waals surface area contributed by atoms with Crippen LogP contribution in [0.4, 0.5) is 0 Å². The van der Waals surface area contributed by atoms with Gasteiger partial charge in [0.15, 0.2) is 0 Å². The molecule has 4 nitrogen and oxygen atoms in total. The van der Waals surface area contributed by atoms with Gasteiger partial charge < -0.3 is 9.64 Å². The SMILES string of the molecule is C=CC(=O)N(CCCCCC)CCC(=O)OC. The maximum Gasteiger partial charge on any atom is 0.307 e. The number of nitrogens with zero attached hydrogens (tertiary/aromatic N) is 1. The second kappa shape index (κ2) is 9.87. The molecular weight excluding hydrogens is 218 g/mol. The van der Waals surface area contributed by atoms with E-state index in [0.717, 1.165) is 19.3 Å². The molecule has 0 saturated carbocycles. The van der Waals surface area contributed by atoms with Gasteiger partial charge in [0.25, 0.3) is 0 Å². The minimum absolute atomic E-state index is 0.120. The van der Waals surface area contributed by atoms with E-state index < -0.39 is 0 Å². The highest BCUT2D eigenvalue weighted by Crippen LogP contribution is 2.03. The Morgan fingerprint density at radius 1 is 1.24 bits per heavy atom. The van der Waals surface area contributed by atoms with Crippen LogP contribution >= 0.6 is 0 Å². The third-order valence-corrected chi connectivity index (χ3v) is 2.58. The van der Waals surface area contributed by atoms with E-state index in [0.29, 0.717) is 13.1 Å². The average Bonchev–Trinajstić information content (AvgIpc) is 2.36. The lowest BCUT2D eigenvalue weighted by Gasteiger charge is -2.20. The fourth-order valence-corrected chi connectivity index (χ4v) is 1.52. The zero-order valence-electron chi connectivity index (χ0n) is 10.9. The number of rotatable bonds is 9. The van der Waals surface area contributed by atoms with Crippen LogP contribution in [0.15, 0.2) is 12.7 Å². The van der Waals surface area contributed by atoms with E-state index in [2.05, 4.69) is 18.2 Å². The molecule has 1 amide bonds. The minimum Gasteiger partial charge on any atom is -0.469 e. The highest BCUT2D eigenvalue weighted by Gasteiger charge is 2.11. The van der Waals surface area contributed by atoms with Gasteiger partial charge in [-0.2, -0.15) is 0 Å². The summed E-state index contributed by atoms with van der Waals surface area (Å²) in [6.07, 6.45) is 5.94. The normalized spacial score (nSPS) is 9.76. The summed E-state index contributed by atoms with van der Waals surface area (Å²) in [5.41, 5.74) is 0. The first-order valence-corrected chi connectivity index (χ1v) is 6.13. The lowest BCUT2D eigenvalue weighted by atomic mass is 10.2. The lowest BCUT2D eigenvalue weighted by molar-refractivity contribution is -0.141. The molecule has 0 aliphatic rings. The molecule has 0 fully saturated rings. The van der Waals surface area contributed by atoms with Gasteiger partial charge in [-0.3, -0.25) is 9.59 Å². The van der Waals surface area contributed by atoms with Crippen molar-refractivity contribution in [3.05, 3.63) is 12.7 Å². The maximum absolute atomic E-state index is 11.5. The first-order chi connectivity index (χ1) is 8.15. The van der Waals surface area contributed by atoms with Crippen LogP contribution in [-0.4, -0.2) is 37.0 Å². The summed E-state index contributed by atoms with van der Waals surface area (Å²) in [5.74, 6) is -0.411. The number of carbonyl (C=O) groups excluding carboxylic acids is 2. The lowest BCUT2D eigenvalue weighted by Crippen LogP contribution is -2.32. The zero-order chi connectivity index (χ0) is 13.1. The van der Waals surface area contributed by atoms with Crippen molar-refractivity contribution in [2.75, 3.05) is 20.2 Å². The number of amides is 1. The molecule has 0 rings (SSSR count). The summed E-state index contributed by atoms with van der Waals surface area (Å²) in [5, 5.41) is 0. The molecule has 0 aliphatic heterocycles. The molecule has 0 aromatic rings. The molecule has 0 heterocycles. The Balaban J connectivity index is 4.01. The molecule has 0 N–H and O–H groups in total. The summed E-state index contributed by atoms with van der Waals surface area (Å²) in [7, 11) is 1.35. The van der Waals surface area contributed by atoms with Gasteiger partial charge >= 0.3 is 5.97 Å². The van der Waals surface area contributed by atoms with E-state index >= 15 is 0 Å². The van der Waals surface area contributed by atoms with Crippen molar-refractivity contribution in [3.63, 3.8) is 0 Å². The maximum atomic E-state index is 11.5. The number of esters is 1. The molecule has 4 heteroatoms. The number of hydrogen-bond acceptors (Lipinski definition) is 3. The van der Waals surface area contributed by atoms with Crippen LogP contribution in [0.1, 0.15) is 39.0 Å². The Morgan fingerprint density at radius 3 is 2.47 bits per heavy atom. The average molecular weight is 241 g/mol. The second-order valence-electron chi connectivity index (χ2n) is 3.92. The van der Waals surface area contributed by atoms with Gasteiger partial charge in [-0.15, -0.1) is 0 Å². The second-order valence-corrected chi connectivity index (χ2v) is 3.92. The number of methoxy groups -OCH3 is 1. The standard InChI is InChI=1S/C13H23NO3/c1-4-6-7-8-10-14(12(15)5-2)11-9-13(16)17-3/h5H,2,4,6-11H2,1,3H3. The molecular formula is C13H23NO3. The molecule has 0 aromatic heterocycles. The summed E-state index contributed by atoms with van der Waals surface area (Å²) in [4.78, 5) is 24.2. The van der Waals surface area contributed by atoms with Crippen LogP contribution in [0.5, 0.6) is 0 Å². The molecule has 0 spiro atoms. The molecule has 0 aromatic carbocycles. The molecule has 0 bridgehead atoms. The number of ether oxygens (including phenoxy) is 1. The van der Waals surface area contributed by atoms with Crippen molar-refractivity contribution >= 4 is 11.9 Å². The summed E-state index contributed by atoms with van der Waals surface area (Å²) in [6.45, 7) is 6.70. The minimum atomic E-state index is -0.291. The number of hydrogen-bond donors (Lipinski definition) is 0. The van der Waals surface area contributed by atoms with E-state index in [1.165, 1.54) is 19.6 Å². The fourth-order valence-electron chi connectivity index (χ4n) is 1.52. The fraction of sp³-hybridized carbons (Fsp3) is 0.692. The van der Waals surface area contributed by atoms with Crippen molar-refractivity contribution in [1.82, 2.24) is 4.90 Å². The Hall–Kier alpha value is -1.32. The van der Waals surface area contributed by atoms with Crippen molar-refractivity contribution in [3.8, 4) is 0 Å². The van der Waals surface area contributed by atoms with Crippen LogP contribution < -0.4 is 0 Å². The molecule has 0 unspecified atom stereocenters. The zero-order valence-corrected chi connectivity index (χ0v) is 10.9. The first-order valence-electron chi connectivity index (χ1n) is 6.13. The van der Waals surface area contributed by atoms with E-state index in [4.69, 9.17) is 0 Å². The third kappa shape index (κ3) is 7.55. The predicted octanol–water partition coefficient (Wildman–Crippen LogP) is 2.14. The van der Waals surface area contributed by atoms with Gasteiger partial charge in [0.05, 0.1) is 13.5 Å². The Labute approximate surface area is 104 Å². The summed E-state index contributed by atoms with van der Waals surface area (Å²) < 4.78 is 4.55. The summed E-state index contributed by atoms with van der Waals surface area (Å²) in [6, 6.07) is 0. The summed E-state index contributed by atoms with van der Waals surface area (Å²) >= 11 is 0. The highest BCUT2D eigenvalue weighted by atomic mass is 16.5. The van der Waals surface area contributed by atoms with Gasteiger partial charge in [-0.05, 0) is 12.5 Å². The molecule has 0 radical (unpaired) electrons. The predicted molar refractivity (Wildman–Crippen MR) is 67.6 cm³/mol. The molecule has 98 valence electrons. The molecule has 0 saturated heterocycles. The Bertz CT molecular complexity index is 251. The largest absolute Gasteiger partial charge is 0.469 e. The number of carbonyl (C=O) groups is 2. The van der Waals surface area contributed by atoms with Crippen LogP contribution in [0.2, 0.25) is 0 Å². The van der Waals surface area contributed by atoms with Crippen LogP contribution in [-0.2, 0) is 14.3 Å². The van der Waals surface area contributed by atoms with Gasteiger partial charge in [0, 0.05) is 13.1 Å². The molecule has 0 atom stereocenters. The quantitative estimate of drug-likeness (QED) is 0.353. The van der Waals surface area contributed by atoms with Crippen LogP contribution in [0.25, 0.3) is 0 Å². The number of unbranched alkanes of at least 4 members (excludes halogenated alkanes) is 3. The van der Waals surface area contributed by atoms with Gasteiger partial charge in [-0.25, -0.2) is 0 Å². The third-order valence-electron chi connectivity index (χ3n) is 2.58. The Kier molecular flexibility index (Phi) is 9.11. The van der Waals surface area contributed by atoms with Gasteiger partial charge in [0.2, 0.25) is 5.91 Å². The van der Waals surface area contributed by atoms with E-state index in [1.807, 2.05) is 0 Å². The molecule has 0 aliphatic carbocycles. The monoisotopic (exact) mass is 241 g/mol. The van der Waals surface area contributed by atoms with Crippen molar-refractivity contribution in [1.29, 1.82) is 0 Å². The van der Waals surface area contributed by atoms with Crippen molar-refractivity contribution in [2.45, 2.75) is 39.0 Å². The van der Waals surface area contributed by atoms with Crippen LogP contribution in [0, 0.1) is 0 Å². The van der Waals surface area contributed by atoms with Gasteiger partial charge in [0.1, 0.15) is 0 Å². The van der Waals surface area contributed by atoms with Crippen molar-refractivity contribution in [2.24, 2.45) is 0 Å². The molecule has 17 heavy (non-hydrogen) atoms. The topological polar surface area (TPSA) is 46.6 Å². The van der Waals surface area contributed by atoms with Gasteiger partial charge in [-0.1, -0.05) is 32.8 Å². The van der Waals surface area contributed by atoms with Crippen LogP contribution in [0.3, 0.4) is 0 Å². The van der Waals surface area contributed by atoms with E-state index in [-0.39, 0.29) is 18.3 Å².